The van der Waals surface area contributed by atoms with E-state index in [0.29, 0.717) is 16.5 Å². The number of benzene rings is 1. The van der Waals surface area contributed by atoms with Crippen LogP contribution in [0, 0.1) is 5.41 Å². The van der Waals surface area contributed by atoms with Crippen LogP contribution in [0.15, 0.2) is 24.3 Å². The SMILES string of the molecule is CC1NC(c2cccc(Cl)c2)N(C2CCC(C)(C)C2)C1=O. The molecule has 1 aromatic rings. The molecular formula is C17H23ClN2O. The van der Waals surface area contributed by atoms with E-state index in [-0.39, 0.29) is 18.1 Å². The van der Waals surface area contributed by atoms with E-state index in [1.165, 1.54) is 6.42 Å². The molecule has 21 heavy (non-hydrogen) atoms. The molecule has 2 aliphatic rings. The molecule has 3 nitrogen and oxygen atoms in total. The van der Waals surface area contributed by atoms with Crippen molar-refractivity contribution in [3.05, 3.63) is 34.9 Å². The Labute approximate surface area is 131 Å². The molecule has 1 aliphatic heterocycles. The Hall–Kier alpha value is -1.06. The molecule has 3 unspecified atom stereocenters. The van der Waals surface area contributed by atoms with Crippen molar-refractivity contribution < 1.29 is 4.79 Å². The van der Waals surface area contributed by atoms with Crippen LogP contribution < -0.4 is 5.32 Å². The maximum absolute atomic E-state index is 12.6. The molecule has 1 saturated carbocycles. The number of hydrogen-bond acceptors (Lipinski definition) is 2. The predicted octanol–water partition coefficient (Wildman–Crippen LogP) is 3.74. The van der Waals surface area contributed by atoms with Gasteiger partial charge in [-0.15, -0.1) is 0 Å². The third-order valence-electron chi connectivity index (χ3n) is 4.81. The maximum atomic E-state index is 12.6. The number of amides is 1. The smallest absolute Gasteiger partial charge is 0.241 e. The van der Waals surface area contributed by atoms with Crippen molar-refractivity contribution in [2.24, 2.45) is 5.41 Å². The highest BCUT2D eigenvalue weighted by atomic mass is 35.5. The lowest BCUT2D eigenvalue weighted by Crippen LogP contribution is -2.39. The van der Waals surface area contributed by atoms with Gasteiger partial charge < -0.3 is 4.90 Å². The summed E-state index contributed by atoms with van der Waals surface area (Å²) < 4.78 is 0. The van der Waals surface area contributed by atoms with Crippen LogP contribution in [0.5, 0.6) is 0 Å². The van der Waals surface area contributed by atoms with E-state index in [1.54, 1.807) is 0 Å². The first-order valence-electron chi connectivity index (χ1n) is 7.71. The molecule has 4 heteroatoms. The number of hydrogen-bond donors (Lipinski definition) is 1. The lowest BCUT2D eigenvalue weighted by atomic mass is 9.91. The number of carbonyl (C=O) groups is 1. The minimum absolute atomic E-state index is 0.0508. The first-order valence-corrected chi connectivity index (χ1v) is 8.09. The molecule has 1 heterocycles. The van der Waals surface area contributed by atoms with Gasteiger partial charge in [0, 0.05) is 11.1 Å². The van der Waals surface area contributed by atoms with Gasteiger partial charge >= 0.3 is 0 Å². The molecule has 3 atom stereocenters. The molecule has 1 saturated heterocycles. The molecule has 0 spiro atoms. The van der Waals surface area contributed by atoms with Crippen LogP contribution in [-0.2, 0) is 4.79 Å². The quantitative estimate of drug-likeness (QED) is 0.903. The number of carbonyl (C=O) groups excluding carboxylic acids is 1. The summed E-state index contributed by atoms with van der Waals surface area (Å²) in [6.45, 7) is 6.53. The van der Waals surface area contributed by atoms with E-state index in [9.17, 15) is 4.79 Å². The Morgan fingerprint density at radius 1 is 1.38 bits per heavy atom. The van der Waals surface area contributed by atoms with Crippen LogP contribution >= 0.6 is 11.6 Å². The van der Waals surface area contributed by atoms with Crippen LogP contribution in [-0.4, -0.2) is 22.9 Å². The Bertz CT molecular complexity index is 557. The summed E-state index contributed by atoms with van der Waals surface area (Å²) in [4.78, 5) is 14.7. The summed E-state index contributed by atoms with van der Waals surface area (Å²) in [7, 11) is 0. The maximum Gasteiger partial charge on any atom is 0.241 e. The zero-order valence-electron chi connectivity index (χ0n) is 12.9. The van der Waals surface area contributed by atoms with E-state index >= 15 is 0 Å². The first kappa shape index (κ1) is 14.9. The van der Waals surface area contributed by atoms with Crippen molar-refractivity contribution in [1.82, 2.24) is 10.2 Å². The zero-order valence-corrected chi connectivity index (χ0v) is 13.7. The molecule has 1 N–H and O–H groups in total. The van der Waals surface area contributed by atoms with E-state index < -0.39 is 0 Å². The van der Waals surface area contributed by atoms with Crippen LogP contribution in [0.4, 0.5) is 0 Å². The Kier molecular flexibility index (Phi) is 3.74. The first-order chi connectivity index (χ1) is 9.87. The van der Waals surface area contributed by atoms with Gasteiger partial charge in [-0.1, -0.05) is 37.6 Å². The fourth-order valence-electron chi connectivity index (χ4n) is 3.70. The third-order valence-corrected chi connectivity index (χ3v) is 5.05. The van der Waals surface area contributed by atoms with Crippen LogP contribution in [0.3, 0.4) is 0 Å². The van der Waals surface area contributed by atoms with Crippen molar-refractivity contribution in [2.75, 3.05) is 0 Å². The van der Waals surface area contributed by atoms with Gasteiger partial charge in [-0.05, 0) is 49.3 Å². The average molecular weight is 307 g/mol. The normalized spacial score (nSPS) is 31.9. The molecule has 1 aliphatic carbocycles. The summed E-state index contributed by atoms with van der Waals surface area (Å²) in [5.74, 6) is 0.211. The van der Waals surface area contributed by atoms with Crippen LogP contribution in [0.1, 0.15) is 51.8 Å². The van der Waals surface area contributed by atoms with Gasteiger partial charge in [0.05, 0.1) is 6.04 Å². The number of rotatable bonds is 2. The second-order valence-electron chi connectivity index (χ2n) is 7.15. The number of nitrogens with one attached hydrogen (secondary N) is 1. The lowest BCUT2D eigenvalue weighted by molar-refractivity contribution is -0.132. The van der Waals surface area contributed by atoms with Crippen molar-refractivity contribution in [3.63, 3.8) is 0 Å². The van der Waals surface area contributed by atoms with Crippen LogP contribution in [0.2, 0.25) is 5.02 Å². The molecule has 0 aromatic heterocycles. The molecule has 1 aromatic carbocycles. The van der Waals surface area contributed by atoms with Gasteiger partial charge in [0.1, 0.15) is 6.17 Å². The van der Waals surface area contributed by atoms with E-state index in [1.807, 2.05) is 31.2 Å². The van der Waals surface area contributed by atoms with Gasteiger partial charge in [-0.2, -0.15) is 0 Å². The highest BCUT2D eigenvalue weighted by molar-refractivity contribution is 6.30. The largest absolute Gasteiger partial charge is 0.319 e. The van der Waals surface area contributed by atoms with E-state index in [0.717, 1.165) is 18.4 Å². The van der Waals surface area contributed by atoms with Crippen molar-refractivity contribution >= 4 is 17.5 Å². The summed E-state index contributed by atoms with van der Waals surface area (Å²) >= 11 is 6.12. The summed E-state index contributed by atoms with van der Waals surface area (Å²) in [6.07, 6.45) is 3.29. The predicted molar refractivity (Wildman–Crippen MR) is 85.1 cm³/mol. The zero-order chi connectivity index (χ0) is 15.2. The second kappa shape index (κ2) is 5.29. The van der Waals surface area contributed by atoms with Crippen molar-refractivity contribution in [3.8, 4) is 0 Å². The minimum atomic E-state index is -0.127. The van der Waals surface area contributed by atoms with Crippen molar-refractivity contribution in [1.29, 1.82) is 0 Å². The Morgan fingerprint density at radius 2 is 2.14 bits per heavy atom. The Morgan fingerprint density at radius 3 is 2.76 bits per heavy atom. The summed E-state index contributed by atoms with van der Waals surface area (Å²) in [5.41, 5.74) is 1.40. The highest BCUT2D eigenvalue weighted by Gasteiger charge is 2.45. The topological polar surface area (TPSA) is 32.3 Å². The Balaban J connectivity index is 1.90. The molecule has 2 fully saturated rings. The van der Waals surface area contributed by atoms with E-state index in [4.69, 9.17) is 11.6 Å². The van der Waals surface area contributed by atoms with Gasteiger partial charge in [0.25, 0.3) is 0 Å². The summed E-state index contributed by atoms with van der Waals surface area (Å²) in [6, 6.07) is 8.02. The van der Waals surface area contributed by atoms with E-state index in [2.05, 4.69) is 24.1 Å². The molecule has 0 bridgehead atoms. The van der Waals surface area contributed by atoms with Gasteiger partial charge in [-0.3, -0.25) is 10.1 Å². The second-order valence-corrected chi connectivity index (χ2v) is 7.59. The fraction of sp³-hybridized carbons (Fsp3) is 0.588. The van der Waals surface area contributed by atoms with Crippen LogP contribution in [0.25, 0.3) is 0 Å². The molecule has 114 valence electrons. The van der Waals surface area contributed by atoms with Gasteiger partial charge in [0.2, 0.25) is 5.91 Å². The standard InChI is InChI=1S/C17H23ClN2O/c1-11-16(21)20(14-7-8-17(2,3)10-14)15(19-11)12-5-4-6-13(18)9-12/h4-6,9,11,14-15,19H,7-8,10H2,1-3H3. The average Bonchev–Trinajstić information content (AvgIpc) is 2.91. The molecule has 1 amide bonds. The molecule has 3 rings (SSSR count). The monoisotopic (exact) mass is 306 g/mol. The van der Waals surface area contributed by atoms with Gasteiger partial charge in [-0.25, -0.2) is 0 Å². The van der Waals surface area contributed by atoms with Crippen molar-refractivity contribution in [2.45, 2.75) is 58.3 Å². The number of nitrogens with zero attached hydrogens (tertiary/aromatic N) is 1. The number of halogens is 1. The molecular weight excluding hydrogens is 284 g/mol. The minimum Gasteiger partial charge on any atom is -0.319 e. The lowest BCUT2D eigenvalue weighted by Gasteiger charge is -2.31. The fourth-order valence-corrected chi connectivity index (χ4v) is 3.90. The molecule has 0 radical (unpaired) electrons. The van der Waals surface area contributed by atoms with Gasteiger partial charge in [0.15, 0.2) is 0 Å². The summed E-state index contributed by atoms with van der Waals surface area (Å²) in [5, 5.41) is 4.13. The highest BCUT2D eigenvalue weighted by Crippen LogP contribution is 2.43. The third kappa shape index (κ3) is 2.82.